The number of esters is 1. The van der Waals surface area contributed by atoms with Crippen LogP contribution in [0.5, 0.6) is 0 Å². The average Bonchev–Trinajstić information content (AvgIpc) is 2.09. The molecule has 14 heavy (non-hydrogen) atoms. The molecule has 4 nitrogen and oxygen atoms in total. The molecule has 4 heteroatoms. The van der Waals surface area contributed by atoms with Crippen molar-refractivity contribution in [1.82, 2.24) is 0 Å². The largest absolute Gasteiger partial charge is 0.460 e. The first kappa shape index (κ1) is 13.1. The van der Waals surface area contributed by atoms with Crippen molar-refractivity contribution in [1.29, 1.82) is 0 Å². The molecule has 0 spiro atoms. The molecule has 2 atom stereocenters. The number of aliphatic hydroxyl groups excluding tert-OH is 2. The third kappa shape index (κ3) is 6.62. The quantitative estimate of drug-likeness (QED) is 0.507. The highest BCUT2D eigenvalue weighted by atomic mass is 16.5. The summed E-state index contributed by atoms with van der Waals surface area (Å²) in [6, 6.07) is 0. The van der Waals surface area contributed by atoms with Crippen molar-refractivity contribution in [2.75, 3.05) is 6.61 Å². The van der Waals surface area contributed by atoms with Crippen LogP contribution in [0, 0.1) is 0 Å². The first-order valence-electron chi connectivity index (χ1n) is 4.63. The summed E-state index contributed by atoms with van der Waals surface area (Å²) >= 11 is 0. The van der Waals surface area contributed by atoms with Crippen LogP contribution in [0.1, 0.15) is 27.2 Å². The van der Waals surface area contributed by atoms with E-state index in [-0.39, 0.29) is 6.61 Å². The van der Waals surface area contributed by atoms with E-state index >= 15 is 0 Å². The smallest absolute Gasteiger partial charge is 0.333 e. The van der Waals surface area contributed by atoms with E-state index in [0.29, 0.717) is 12.0 Å². The van der Waals surface area contributed by atoms with Crippen molar-refractivity contribution in [3.05, 3.63) is 11.6 Å². The molecule has 0 aromatic carbocycles. The highest BCUT2D eigenvalue weighted by Gasteiger charge is 2.07. The molecule has 0 aliphatic carbocycles. The van der Waals surface area contributed by atoms with E-state index in [1.807, 2.05) is 0 Å². The molecule has 0 rings (SSSR count). The van der Waals surface area contributed by atoms with Crippen molar-refractivity contribution < 1.29 is 19.7 Å². The Hall–Kier alpha value is -0.870. The summed E-state index contributed by atoms with van der Waals surface area (Å²) in [4.78, 5) is 11.2. The van der Waals surface area contributed by atoms with Gasteiger partial charge in [-0.3, -0.25) is 0 Å². The fourth-order valence-corrected chi connectivity index (χ4v) is 0.741. The number of carbonyl (C=O) groups excluding carboxylic acids is 1. The maximum absolute atomic E-state index is 11.2. The van der Waals surface area contributed by atoms with Gasteiger partial charge in [-0.25, -0.2) is 4.79 Å². The van der Waals surface area contributed by atoms with Gasteiger partial charge in [0.05, 0.1) is 12.2 Å². The lowest BCUT2D eigenvalue weighted by Crippen LogP contribution is -2.16. The number of aliphatic hydroxyl groups is 2. The van der Waals surface area contributed by atoms with Crippen LogP contribution in [0.15, 0.2) is 11.6 Å². The highest BCUT2D eigenvalue weighted by molar-refractivity contribution is 5.87. The van der Waals surface area contributed by atoms with E-state index in [1.54, 1.807) is 26.8 Å². The third-order valence-corrected chi connectivity index (χ3v) is 1.54. The Morgan fingerprint density at radius 1 is 1.36 bits per heavy atom. The average molecular weight is 202 g/mol. The summed E-state index contributed by atoms with van der Waals surface area (Å²) in [6.45, 7) is 4.80. The fourth-order valence-electron chi connectivity index (χ4n) is 0.741. The Morgan fingerprint density at radius 3 is 2.36 bits per heavy atom. The summed E-state index contributed by atoms with van der Waals surface area (Å²) in [6.07, 6.45) is 0.933. The van der Waals surface area contributed by atoms with E-state index in [2.05, 4.69) is 0 Å². The van der Waals surface area contributed by atoms with Gasteiger partial charge in [-0.15, -0.1) is 0 Å². The second-order valence-corrected chi connectivity index (χ2v) is 3.42. The Kier molecular flexibility index (Phi) is 6.16. The standard InChI is InChI=1S/C10H18O4/c1-7(4-5-8(2)11)10(13)14-6-9(3)12/h4,8-9,11-12H,5-6H2,1-3H3. The van der Waals surface area contributed by atoms with E-state index in [4.69, 9.17) is 14.9 Å². The maximum atomic E-state index is 11.2. The van der Waals surface area contributed by atoms with Crippen LogP contribution in [0.3, 0.4) is 0 Å². The molecular weight excluding hydrogens is 184 g/mol. The number of ether oxygens (including phenoxy) is 1. The van der Waals surface area contributed by atoms with Gasteiger partial charge >= 0.3 is 5.97 Å². The minimum atomic E-state index is -0.650. The third-order valence-electron chi connectivity index (χ3n) is 1.54. The molecule has 0 amide bonds. The topological polar surface area (TPSA) is 66.8 Å². The molecule has 0 aliphatic rings. The van der Waals surface area contributed by atoms with E-state index < -0.39 is 18.2 Å². The zero-order valence-corrected chi connectivity index (χ0v) is 8.86. The van der Waals surface area contributed by atoms with Gasteiger partial charge in [-0.1, -0.05) is 6.08 Å². The molecule has 0 aliphatic heterocycles. The summed E-state index contributed by atoms with van der Waals surface area (Å²) in [7, 11) is 0. The molecule has 0 radical (unpaired) electrons. The Labute approximate surface area is 84.2 Å². The number of hydrogen-bond donors (Lipinski definition) is 2. The molecule has 0 fully saturated rings. The first-order valence-corrected chi connectivity index (χ1v) is 4.63. The number of rotatable bonds is 5. The normalized spacial score (nSPS) is 16.2. The molecule has 0 heterocycles. The summed E-state index contributed by atoms with van der Waals surface area (Å²) in [5, 5.41) is 17.8. The predicted octanol–water partition coefficient (Wildman–Crippen LogP) is 0.628. The van der Waals surface area contributed by atoms with Crippen molar-refractivity contribution in [2.24, 2.45) is 0 Å². The highest BCUT2D eigenvalue weighted by Crippen LogP contribution is 2.01. The maximum Gasteiger partial charge on any atom is 0.333 e. The van der Waals surface area contributed by atoms with Gasteiger partial charge in [-0.2, -0.15) is 0 Å². The molecular formula is C10H18O4. The molecule has 0 saturated carbocycles. The van der Waals surface area contributed by atoms with Gasteiger partial charge in [0.1, 0.15) is 6.61 Å². The van der Waals surface area contributed by atoms with Gasteiger partial charge in [-0.05, 0) is 27.2 Å². The zero-order valence-electron chi connectivity index (χ0n) is 8.86. The fraction of sp³-hybridized carbons (Fsp3) is 0.700. The molecule has 2 unspecified atom stereocenters. The Morgan fingerprint density at radius 2 is 1.93 bits per heavy atom. The van der Waals surface area contributed by atoms with Crippen LogP contribution in [-0.4, -0.2) is 35.0 Å². The van der Waals surface area contributed by atoms with Gasteiger partial charge in [0.15, 0.2) is 0 Å². The zero-order chi connectivity index (χ0) is 11.1. The molecule has 82 valence electrons. The minimum Gasteiger partial charge on any atom is -0.460 e. The molecule has 2 N–H and O–H groups in total. The number of carbonyl (C=O) groups is 1. The van der Waals surface area contributed by atoms with Crippen LogP contribution >= 0.6 is 0 Å². The van der Waals surface area contributed by atoms with Crippen LogP contribution in [0.25, 0.3) is 0 Å². The molecule has 0 aromatic heterocycles. The lowest BCUT2D eigenvalue weighted by atomic mass is 10.2. The molecule has 0 aromatic rings. The predicted molar refractivity (Wildman–Crippen MR) is 52.7 cm³/mol. The van der Waals surface area contributed by atoms with Gasteiger partial charge in [0.2, 0.25) is 0 Å². The van der Waals surface area contributed by atoms with Crippen molar-refractivity contribution in [2.45, 2.75) is 39.4 Å². The van der Waals surface area contributed by atoms with E-state index in [0.717, 1.165) is 0 Å². The lowest BCUT2D eigenvalue weighted by molar-refractivity contribution is -0.141. The van der Waals surface area contributed by atoms with E-state index in [1.165, 1.54) is 0 Å². The van der Waals surface area contributed by atoms with Crippen LogP contribution in [0.4, 0.5) is 0 Å². The molecule has 0 bridgehead atoms. The second kappa shape index (κ2) is 6.56. The first-order chi connectivity index (χ1) is 6.43. The van der Waals surface area contributed by atoms with Gasteiger partial charge in [0.25, 0.3) is 0 Å². The monoisotopic (exact) mass is 202 g/mol. The summed E-state index contributed by atoms with van der Waals surface area (Å²) in [5.74, 6) is -0.452. The number of hydrogen-bond acceptors (Lipinski definition) is 4. The van der Waals surface area contributed by atoms with Crippen LogP contribution < -0.4 is 0 Å². The van der Waals surface area contributed by atoms with Gasteiger partial charge < -0.3 is 14.9 Å². The van der Waals surface area contributed by atoms with Crippen molar-refractivity contribution >= 4 is 5.97 Å². The van der Waals surface area contributed by atoms with E-state index in [9.17, 15) is 4.79 Å². The Bertz CT molecular complexity index is 206. The SMILES string of the molecule is CC(=CCC(C)O)C(=O)OCC(C)O. The molecule has 0 saturated heterocycles. The lowest BCUT2D eigenvalue weighted by Gasteiger charge is -2.07. The van der Waals surface area contributed by atoms with Crippen molar-refractivity contribution in [3.8, 4) is 0 Å². The minimum absolute atomic E-state index is 0.00130. The second-order valence-electron chi connectivity index (χ2n) is 3.42. The Balaban J connectivity index is 3.92. The summed E-state index contributed by atoms with van der Waals surface area (Å²) < 4.78 is 4.76. The van der Waals surface area contributed by atoms with Crippen molar-refractivity contribution in [3.63, 3.8) is 0 Å². The summed E-state index contributed by atoms with van der Waals surface area (Å²) in [5.41, 5.74) is 0.451. The van der Waals surface area contributed by atoms with Gasteiger partial charge in [0, 0.05) is 5.57 Å². The van der Waals surface area contributed by atoms with Crippen LogP contribution in [-0.2, 0) is 9.53 Å². The van der Waals surface area contributed by atoms with Crippen LogP contribution in [0.2, 0.25) is 0 Å².